The van der Waals surface area contributed by atoms with Crippen LogP contribution in [-0.4, -0.2) is 36.0 Å². The number of ether oxygens (including phenoxy) is 1. The highest BCUT2D eigenvalue weighted by Crippen LogP contribution is 2.43. The Morgan fingerprint density at radius 1 is 0.943 bits per heavy atom. The molecule has 5 rings (SSSR count). The number of benzene rings is 1. The molecule has 2 aliphatic carbocycles. The number of methoxy groups -OCH3 is 1. The molecule has 2 saturated carbocycles. The van der Waals surface area contributed by atoms with Gasteiger partial charge in [0.15, 0.2) is 0 Å². The monoisotopic (exact) mass is 495 g/mol. The van der Waals surface area contributed by atoms with Gasteiger partial charge in [0, 0.05) is 37.4 Å². The van der Waals surface area contributed by atoms with Gasteiger partial charge in [0.25, 0.3) is 0 Å². The molecular formula is C30H45N3OS. The highest BCUT2D eigenvalue weighted by Gasteiger charge is 2.42. The fraction of sp³-hybridized carbons (Fsp3) is 0.733. The molecule has 5 heteroatoms. The van der Waals surface area contributed by atoms with Gasteiger partial charge in [-0.05, 0) is 99.8 Å². The fourth-order valence-corrected chi connectivity index (χ4v) is 8.21. The number of piperidine rings is 1. The van der Waals surface area contributed by atoms with Gasteiger partial charge in [0.2, 0.25) is 0 Å². The second-order valence-electron chi connectivity index (χ2n) is 11.9. The summed E-state index contributed by atoms with van der Waals surface area (Å²) in [5.41, 5.74) is 2.64. The van der Waals surface area contributed by atoms with Crippen LogP contribution in [0.3, 0.4) is 0 Å². The average molecular weight is 496 g/mol. The molecule has 0 spiro atoms. The Bertz CT molecular complexity index is 917. The van der Waals surface area contributed by atoms with Gasteiger partial charge in [0.1, 0.15) is 10.0 Å². The van der Waals surface area contributed by atoms with Crippen LogP contribution in [0.1, 0.15) is 102 Å². The number of nitrogens with zero attached hydrogens (tertiary/aromatic N) is 3. The van der Waals surface area contributed by atoms with Crippen LogP contribution in [-0.2, 0) is 4.74 Å². The maximum atomic E-state index is 6.21. The van der Waals surface area contributed by atoms with E-state index >= 15 is 0 Å². The van der Waals surface area contributed by atoms with Crippen molar-refractivity contribution in [3.63, 3.8) is 0 Å². The molecule has 0 atom stereocenters. The largest absolute Gasteiger partial charge is 0.378 e. The molecule has 0 N–H and O–H groups in total. The van der Waals surface area contributed by atoms with Crippen molar-refractivity contribution in [2.75, 3.05) is 25.1 Å². The van der Waals surface area contributed by atoms with E-state index < -0.39 is 0 Å². The molecule has 0 bridgehead atoms. The van der Waals surface area contributed by atoms with E-state index in [2.05, 4.69) is 53.2 Å². The zero-order chi connectivity index (χ0) is 24.3. The highest BCUT2D eigenvalue weighted by molar-refractivity contribution is 7.14. The number of hydrogen-bond acceptors (Lipinski definition) is 5. The van der Waals surface area contributed by atoms with Gasteiger partial charge >= 0.3 is 0 Å². The first-order valence-corrected chi connectivity index (χ1v) is 15.1. The average Bonchev–Trinajstić information content (AvgIpc) is 3.40. The van der Waals surface area contributed by atoms with E-state index in [1.807, 2.05) is 18.4 Å². The molecule has 0 amide bonds. The van der Waals surface area contributed by atoms with Crippen molar-refractivity contribution in [2.24, 2.45) is 17.8 Å². The molecule has 2 aromatic rings. The van der Waals surface area contributed by atoms with Crippen LogP contribution in [0.2, 0.25) is 0 Å². The maximum Gasteiger partial charge on any atom is 0.147 e. The second kappa shape index (κ2) is 11.3. The minimum atomic E-state index is 0.105. The van der Waals surface area contributed by atoms with E-state index in [1.165, 1.54) is 80.5 Å². The Hall–Kier alpha value is -1.46. The lowest BCUT2D eigenvalue weighted by atomic mass is 9.72. The summed E-state index contributed by atoms with van der Waals surface area (Å²) >= 11 is 1.82. The van der Waals surface area contributed by atoms with Crippen LogP contribution in [0, 0.1) is 17.8 Å². The standard InChI is InChI=1S/C30H45N3OS/c1-22(2)21-23-9-11-24(12-10-23)28-31-32-29(35-28)25-13-15-27(16-14-25)33-19-17-30(34-3,18-20-33)26-7-5-4-6-8-26/h13-16,22-24,26H,4-12,17-21H2,1-3H3/t23-,24-. The zero-order valence-corrected chi connectivity index (χ0v) is 23.0. The van der Waals surface area contributed by atoms with Crippen molar-refractivity contribution < 1.29 is 4.74 Å². The molecule has 1 saturated heterocycles. The Labute approximate surface area is 216 Å². The maximum absolute atomic E-state index is 6.21. The van der Waals surface area contributed by atoms with Gasteiger partial charge < -0.3 is 9.64 Å². The van der Waals surface area contributed by atoms with Crippen molar-refractivity contribution in [2.45, 2.75) is 102 Å². The quantitative estimate of drug-likeness (QED) is 0.389. The van der Waals surface area contributed by atoms with Crippen molar-refractivity contribution in [3.8, 4) is 10.6 Å². The smallest absolute Gasteiger partial charge is 0.147 e. The van der Waals surface area contributed by atoms with Crippen molar-refractivity contribution in [1.29, 1.82) is 0 Å². The molecule has 2 heterocycles. The third-order valence-corrected chi connectivity index (χ3v) is 10.4. The van der Waals surface area contributed by atoms with Crippen LogP contribution in [0.25, 0.3) is 10.6 Å². The van der Waals surface area contributed by atoms with E-state index in [0.29, 0.717) is 5.92 Å². The Morgan fingerprint density at radius 3 is 2.26 bits per heavy atom. The van der Waals surface area contributed by atoms with Gasteiger partial charge in [0.05, 0.1) is 5.60 Å². The van der Waals surface area contributed by atoms with E-state index in [9.17, 15) is 0 Å². The summed E-state index contributed by atoms with van der Waals surface area (Å²) < 4.78 is 6.21. The first-order valence-electron chi connectivity index (χ1n) is 14.3. The zero-order valence-electron chi connectivity index (χ0n) is 22.2. The minimum Gasteiger partial charge on any atom is -0.378 e. The van der Waals surface area contributed by atoms with Crippen LogP contribution < -0.4 is 4.90 Å². The van der Waals surface area contributed by atoms with Crippen LogP contribution >= 0.6 is 11.3 Å². The first-order chi connectivity index (χ1) is 17.1. The summed E-state index contributed by atoms with van der Waals surface area (Å²) in [5.74, 6) is 3.10. The van der Waals surface area contributed by atoms with Gasteiger partial charge in [-0.15, -0.1) is 10.2 Å². The molecule has 0 radical (unpaired) electrons. The number of anilines is 1. The topological polar surface area (TPSA) is 38.2 Å². The first kappa shape index (κ1) is 25.2. The number of rotatable bonds is 7. The summed E-state index contributed by atoms with van der Waals surface area (Å²) in [4.78, 5) is 2.55. The van der Waals surface area contributed by atoms with E-state index in [0.717, 1.165) is 48.7 Å². The van der Waals surface area contributed by atoms with Crippen LogP contribution in [0.5, 0.6) is 0 Å². The Morgan fingerprint density at radius 2 is 1.63 bits per heavy atom. The van der Waals surface area contributed by atoms with Gasteiger partial charge in [-0.1, -0.05) is 44.4 Å². The van der Waals surface area contributed by atoms with Gasteiger partial charge in [-0.3, -0.25) is 0 Å². The molecule has 35 heavy (non-hydrogen) atoms. The predicted octanol–water partition coefficient (Wildman–Crippen LogP) is 8.09. The summed E-state index contributed by atoms with van der Waals surface area (Å²) in [7, 11) is 1.95. The normalized spacial score (nSPS) is 25.8. The molecule has 4 nitrogen and oxygen atoms in total. The van der Waals surface area contributed by atoms with Crippen LogP contribution in [0.15, 0.2) is 24.3 Å². The van der Waals surface area contributed by atoms with Crippen molar-refractivity contribution in [1.82, 2.24) is 10.2 Å². The summed E-state index contributed by atoms with van der Waals surface area (Å²) in [6, 6.07) is 9.07. The number of hydrogen-bond donors (Lipinski definition) is 0. The molecule has 3 aliphatic rings. The Balaban J connectivity index is 1.17. The molecule has 3 fully saturated rings. The Kier molecular flexibility index (Phi) is 8.13. The SMILES string of the molecule is COC1(C2CCCCC2)CCN(c2ccc(-c3nnc([C@H]4CC[C@H](CC(C)C)CC4)s3)cc2)CC1. The predicted molar refractivity (Wildman–Crippen MR) is 147 cm³/mol. The minimum absolute atomic E-state index is 0.105. The summed E-state index contributed by atoms with van der Waals surface area (Å²) in [6.45, 7) is 6.88. The lowest BCUT2D eigenvalue weighted by Crippen LogP contribution is -2.50. The van der Waals surface area contributed by atoms with Crippen LogP contribution in [0.4, 0.5) is 5.69 Å². The lowest BCUT2D eigenvalue weighted by molar-refractivity contribution is -0.0856. The van der Waals surface area contributed by atoms with E-state index in [-0.39, 0.29) is 5.60 Å². The highest BCUT2D eigenvalue weighted by atomic mass is 32.1. The molecule has 1 aromatic carbocycles. The third-order valence-electron chi connectivity index (χ3n) is 9.29. The van der Waals surface area contributed by atoms with E-state index in [1.54, 1.807) is 0 Å². The molecule has 1 aliphatic heterocycles. The fourth-order valence-electron chi connectivity index (χ4n) is 7.19. The second-order valence-corrected chi connectivity index (χ2v) is 12.9. The molecular weight excluding hydrogens is 450 g/mol. The van der Waals surface area contributed by atoms with E-state index in [4.69, 9.17) is 4.74 Å². The van der Waals surface area contributed by atoms with Gasteiger partial charge in [-0.25, -0.2) is 0 Å². The summed E-state index contributed by atoms with van der Waals surface area (Å²) in [5, 5.41) is 11.5. The number of aromatic nitrogens is 2. The van der Waals surface area contributed by atoms with Crippen molar-refractivity contribution in [3.05, 3.63) is 29.3 Å². The van der Waals surface area contributed by atoms with Crippen molar-refractivity contribution >= 4 is 17.0 Å². The van der Waals surface area contributed by atoms with Gasteiger partial charge in [-0.2, -0.15) is 0 Å². The molecule has 192 valence electrons. The lowest BCUT2D eigenvalue weighted by Gasteiger charge is -2.47. The third kappa shape index (κ3) is 5.77. The summed E-state index contributed by atoms with van der Waals surface area (Å²) in [6.07, 6.45) is 15.8. The molecule has 1 aromatic heterocycles. The molecule has 0 unspecified atom stereocenters.